The summed E-state index contributed by atoms with van der Waals surface area (Å²) in [5.74, 6) is 0.141. The minimum Gasteiger partial charge on any atom is -0.354 e. The average molecular weight is 242 g/mol. The van der Waals surface area contributed by atoms with E-state index in [0.29, 0.717) is 6.42 Å². The minimum absolute atomic E-state index is 0.141. The topological polar surface area (TPSA) is 25.2 Å². The molecule has 0 saturated carbocycles. The molecule has 1 amide bonds. The van der Waals surface area contributed by atoms with Gasteiger partial charge in [-0.15, -0.1) is 0 Å². The van der Waals surface area contributed by atoms with Crippen molar-refractivity contribution in [1.29, 1.82) is 0 Å². The quantitative estimate of drug-likeness (QED) is 0.809. The molecule has 1 aromatic heterocycles. The van der Waals surface area contributed by atoms with Crippen LogP contribution in [-0.4, -0.2) is 17.5 Å². The molecular weight excluding hydrogens is 224 g/mol. The van der Waals surface area contributed by atoms with Crippen LogP contribution in [0.5, 0.6) is 0 Å². The third-order valence-corrected chi connectivity index (χ3v) is 3.16. The van der Waals surface area contributed by atoms with Crippen molar-refractivity contribution in [1.82, 2.24) is 4.57 Å². The highest BCUT2D eigenvalue weighted by Crippen LogP contribution is 2.13. The Morgan fingerprint density at radius 3 is 2.50 bits per heavy atom. The van der Waals surface area contributed by atoms with Crippen molar-refractivity contribution in [2.24, 2.45) is 7.05 Å². The molecule has 3 heteroatoms. The Hall–Kier alpha value is -2.03. The fourth-order valence-corrected chi connectivity index (χ4v) is 1.95. The summed E-state index contributed by atoms with van der Waals surface area (Å²) in [4.78, 5) is 13.8. The Labute approximate surface area is 108 Å². The highest BCUT2D eigenvalue weighted by molar-refractivity contribution is 5.92. The van der Waals surface area contributed by atoms with Crippen LogP contribution in [0.1, 0.15) is 12.1 Å². The summed E-state index contributed by atoms with van der Waals surface area (Å²) in [6.07, 6.45) is 3.31. The number of aromatic nitrogens is 1. The second-order valence-corrected chi connectivity index (χ2v) is 4.40. The van der Waals surface area contributed by atoms with E-state index in [1.165, 1.54) is 5.69 Å². The molecule has 1 heterocycles. The Balaban J connectivity index is 1.95. The van der Waals surface area contributed by atoms with Gasteiger partial charge in [0.05, 0.1) is 0 Å². The maximum absolute atomic E-state index is 12.1. The SMILES string of the molecule is CN(C(=O)CCc1cccn1C)c1ccccc1. The van der Waals surface area contributed by atoms with Crippen molar-refractivity contribution in [2.75, 3.05) is 11.9 Å². The van der Waals surface area contributed by atoms with Gasteiger partial charge in [0, 0.05) is 38.1 Å². The number of amides is 1. The molecule has 2 rings (SSSR count). The van der Waals surface area contributed by atoms with Crippen LogP contribution in [0.3, 0.4) is 0 Å². The summed E-state index contributed by atoms with van der Waals surface area (Å²) in [5.41, 5.74) is 2.12. The van der Waals surface area contributed by atoms with Crippen molar-refractivity contribution < 1.29 is 4.79 Å². The molecule has 0 aliphatic carbocycles. The molecular formula is C15H18N2O. The Morgan fingerprint density at radius 2 is 1.89 bits per heavy atom. The van der Waals surface area contributed by atoms with Crippen LogP contribution in [0, 0.1) is 0 Å². The van der Waals surface area contributed by atoms with Gasteiger partial charge in [0.2, 0.25) is 5.91 Å². The van der Waals surface area contributed by atoms with Gasteiger partial charge in [-0.05, 0) is 30.7 Å². The van der Waals surface area contributed by atoms with Crippen molar-refractivity contribution in [3.8, 4) is 0 Å². The van der Waals surface area contributed by atoms with E-state index in [9.17, 15) is 4.79 Å². The number of para-hydroxylation sites is 1. The lowest BCUT2D eigenvalue weighted by Gasteiger charge is -2.17. The first kappa shape index (κ1) is 12.4. The summed E-state index contributed by atoms with van der Waals surface area (Å²) >= 11 is 0. The fraction of sp³-hybridized carbons (Fsp3) is 0.267. The zero-order valence-corrected chi connectivity index (χ0v) is 10.8. The summed E-state index contributed by atoms with van der Waals surface area (Å²) in [7, 11) is 3.82. The largest absolute Gasteiger partial charge is 0.354 e. The number of nitrogens with zero attached hydrogens (tertiary/aromatic N) is 2. The molecule has 0 aliphatic rings. The van der Waals surface area contributed by atoms with Gasteiger partial charge < -0.3 is 9.47 Å². The number of rotatable bonds is 4. The molecule has 0 spiro atoms. The van der Waals surface area contributed by atoms with Gasteiger partial charge in [-0.2, -0.15) is 0 Å². The first-order valence-corrected chi connectivity index (χ1v) is 6.10. The summed E-state index contributed by atoms with van der Waals surface area (Å²) in [6, 6.07) is 13.8. The number of hydrogen-bond donors (Lipinski definition) is 0. The van der Waals surface area contributed by atoms with Gasteiger partial charge in [0.25, 0.3) is 0 Å². The molecule has 0 fully saturated rings. The van der Waals surface area contributed by atoms with Crippen LogP contribution in [0.4, 0.5) is 5.69 Å². The van der Waals surface area contributed by atoms with Crippen LogP contribution in [-0.2, 0) is 18.3 Å². The van der Waals surface area contributed by atoms with Crippen molar-refractivity contribution in [3.05, 3.63) is 54.4 Å². The number of hydrogen-bond acceptors (Lipinski definition) is 1. The molecule has 0 radical (unpaired) electrons. The molecule has 18 heavy (non-hydrogen) atoms. The van der Waals surface area contributed by atoms with Gasteiger partial charge in [-0.1, -0.05) is 18.2 Å². The van der Waals surface area contributed by atoms with E-state index in [0.717, 1.165) is 12.1 Å². The molecule has 0 bridgehead atoms. The van der Waals surface area contributed by atoms with Gasteiger partial charge >= 0.3 is 0 Å². The number of benzene rings is 1. The van der Waals surface area contributed by atoms with Crippen molar-refractivity contribution in [2.45, 2.75) is 12.8 Å². The van der Waals surface area contributed by atoms with Gasteiger partial charge in [-0.25, -0.2) is 0 Å². The predicted molar refractivity (Wildman–Crippen MR) is 73.6 cm³/mol. The average Bonchev–Trinajstić information content (AvgIpc) is 2.81. The fourth-order valence-electron chi connectivity index (χ4n) is 1.95. The normalized spacial score (nSPS) is 10.3. The Bertz CT molecular complexity index is 516. The molecule has 0 unspecified atom stereocenters. The van der Waals surface area contributed by atoms with Crippen LogP contribution in [0.25, 0.3) is 0 Å². The van der Waals surface area contributed by atoms with E-state index in [4.69, 9.17) is 0 Å². The first-order valence-electron chi connectivity index (χ1n) is 6.10. The van der Waals surface area contributed by atoms with Gasteiger partial charge in [0.1, 0.15) is 0 Å². The van der Waals surface area contributed by atoms with Gasteiger partial charge in [0.15, 0.2) is 0 Å². The predicted octanol–water partition coefficient (Wildman–Crippen LogP) is 2.62. The Morgan fingerprint density at radius 1 is 1.17 bits per heavy atom. The smallest absolute Gasteiger partial charge is 0.227 e. The lowest BCUT2D eigenvalue weighted by atomic mass is 10.2. The zero-order chi connectivity index (χ0) is 13.0. The number of anilines is 1. The molecule has 0 atom stereocenters. The van der Waals surface area contributed by atoms with E-state index in [-0.39, 0.29) is 5.91 Å². The summed E-state index contributed by atoms with van der Waals surface area (Å²) < 4.78 is 2.05. The lowest BCUT2D eigenvalue weighted by Crippen LogP contribution is -2.26. The van der Waals surface area contributed by atoms with E-state index in [2.05, 4.69) is 10.6 Å². The number of aryl methyl sites for hydroxylation is 2. The maximum atomic E-state index is 12.1. The van der Waals surface area contributed by atoms with Crippen LogP contribution in [0.15, 0.2) is 48.7 Å². The van der Waals surface area contributed by atoms with E-state index < -0.39 is 0 Å². The van der Waals surface area contributed by atoms with Gasteiger partial charge in [-0.3, -0.25) is 4.79 Å². The molecule has 2 aromatic rings. The third kappa shape index (κ3) is 2.80. The second-order valence-electron chi connectivity index (χ2n) is 4.40. The molecule has 0 saturated heterocycles. The molecule has 0 N–H and O–H groups in total. The zero-order valence-electron chi connectivity index (χ0n) is 10.8. The van der Waals surface area contributed by atoms with Crippen molar-refractivity contribution >= 4 is 11.6 Å². The highest BCUT2D eigenvalue weighted by atomic mass is 16.2. The van der Waals surface area contributed by atoms with E-state index >= 15 is 0 Å². The molecule has 94 valence electrons. The first-order chi connectivity index (χ1) is 8.68. The van der Waals surface area contributed by atoms with E-state index in [1.54, 1.807) is 4.90 Å². The lowest BCUT2D eigenvalue weighted by molar-refractivity contribution is -0.118. The number of carbonyl (C=O) groups is 1. The molecule has 3 nitrogen and oxygen atoms in total. The maximum Gasteiger partial charge on any atom is 0.227 e. The van der Waals surface area contributed by atoms with E-state index in [1.807, 2.05) is 56.7 Å². The van der Waals surface area contributed by atoms with Crippen LogP contribution < -0.4 is 4.90 Å². The summed E-state index contributed by atoms with van der Waals surface area (Å²) in [5, 5.41) is 0. The third-order valence-electron chi connectivity index (χ3n) is 3.16. The minimum atomic E-state index is 0.141. The number of carbonyl (C=O) groups excluding carboxylic acids is 1. The monoisotopic (exact) mass is 242 g/mol. The summed E-state index contributed by atoms with van der Waals surface area (Å²) in [6.45, 7) is 0. The second kappa shape index (κ2) is 5.54. The standard InChI is InChI=1S/C15H18N2O/c1-16-12-6-9-13(16)10-11-15(18)17(2)14-7-4-3-5-8-14/h3-9,12H,10-11H2,1-2H3. The Kier molecular flexibility index (Phi) is 3.82. The van der Waals surface area contributed by atoms with Crippen molar-refractivity contribution in [3.63, 3.8) is 0 Å². The van der Waals surface area contributed by atoms with Crippen LogP contribution >= 0.6 is 0 Å². The molecule has 0 aliphatic heterocycles. The molecule has 1 aromatic carbocycles. The van der Waals surface area contributed by atoms with Crippen LogP contribution in [0.2, 0.25) is 0 Å². The highest BCUT2D eigenvalue weighted by Gasteiger charge is 2.11.